The number of hydrogen-bond acceptors (Lipinski definition) is 9. The van der Waals surface area contributed by atoms with Crippen molar-refractivity contribution < 1.29 is 19.1 Å². The van der Waals surface area contributed by atoms with Gasteiger partial charge in [0.15, 0.2) is 15.8 Å². The normalized spacial score (nSPS) is 10.3. The molecule has 2 rings (SSSR count). The summed E-state index contributed by atoms with van der Waals surface area (Å²) in [7, 11) is 0. The van der Waals surface area contributed by atoms with Crippen molar-refractivity contribution in [1.82, 2.24) is 10.2 Å². The van der Waals surface area contributed by atoms with Crippen LogP contribution in [0.3, 0.4) is 0 Å². The molecule has 1 aromatic heterocycles. The predicted molar refractivity (Wildman–Crippen MR) is 82.9 cm³/mol. The first-order chi connectivity index (χ1) is 10.4. The van der Waals surface area contributed by atoms with Gasteiger partial charge in [-0.3, -0.25) is 9.59 Å². The third-order valence-corrected chi connectivity index (χ3v) is 4.26. The van der Waals surface area contributed by atoms with Crippen molar-refractivity contribution in [3.05, 3.63) is 23.8 Å². The third-order valence-electron chi connectivity index (χ3n) is 2.30. The molecular weight excluding hydrogens is 326 g/mol. The number of anilines is 1. The zero-order valence-corrected chi connectivity index (χ0v) is 13.5. The van der Waals surface area contributed by atoms with Crippen LogP contribution >= 0.6 is 23.1 Å². The monoisotopic (exact) mass is 339 g/mol. The Balaban J connectivity index is 2.14. The van der Waals surface area contributed by atoms with Crippen LogP contribution in [0.2, 0.25) is 0 Å². The summed E-state index contributed by atoms with van der Waals surface area (Å²) in [6, 6.07) is 5.02. The highest BCUT2D eigenvalue weighted by molar-refractivity contribution is 8.00. The maximum absolute atomic E-state index is 11.1. The Morgan fingerprint density at radius 1 is 1.18 bits per heavy atom. The van der Waals surface area contributed by atoms with Crippen LogP contribution in [0, 0.1) is 0 Å². The SMILES string of the molecule is CC(=O)Oc1ccc(CSc2nnc(N)s2)cc1OC(C)=O. The molecule has 0 spiro atoms. The van der Waals surface area contributed by atoms with E-state index in [0.717, 1.165) is 9.90 Å². The van der Waals surface area contributed by atoms with Crippen LogP contribution in [-0.4, -0.2) is 22.1 Å². The smallest absolute Gasteiger partial charge is 0.308 e. The van der Waals surface area contributed by atoms with Crippen LogP contribution in [0.25, 0.3) is 0 Å². The number of esters is 2. The van der Waals surface area contributed by atoms with Gasteiger partial charge >= 0.3 is 11.9 Å². The van der Waals surface area contributed by atoms with E-state index in [1.165, 1.54) is 36.9 Å². The number of nitrogens with zero attached hydrogens (tertiary/aromatic N) is 2. The van der Waals surface area contributed by atoms with Crippen LogP contribution in [0.5, 0.6) is 11.5 Å². The van der Waals surface area contributed by atoms with Gasteiger partial charge in [-0.2, -0.15) is 0 Å². The Morgan fingerprint density at radius 3 is 2.45 bits per heavy atom. The van der Waals surface area contributed by atoms with Gasteiger partial charge < -0.3 is 15.2 Å². The standard InChI is InChI=1S/C13H13N3O4S2/c1-7(17)19-10-4-3-9(5-11(10)20-8(2)18)6-21-13-16-15-12(14)22-13/h3-5H,6H2,1-2H3,(H2,14,15). The Hall–Kier alpha value is -2.13. The quantitative estimate of drug-likeness (QED) is 0.502. The summed E-state index contributed by atoms with van der Waals surface area (Å²) in [6.45, 7) is 2.56. The van der Waals surface area contributed by atoms with Crippen molar-refractivity contribution in [2.45, 2.75) is 23.9 Å². The van der Waals surface area contributed by atoms with Crippen molar-refractivity contribution in [2.24, 2.45) is 0 Å². The lowest BCUT2D eigenvalue weighted by molar-refractivity contribution is -0.134. The molecule has 0 atom stereocenters. The zero-order valence-electron chi connectivity index (χ0n) is 11.9. The first kappa shape index (κ1) is 16.2. The second-order valence-corrected chi connectivity index (χ2v) is 6.39. The van der Waals surface area contributed by atoms with Gasteiger partial charge in [0.2, 0.25) is 5.13 Å². The minimum Gasteiger partial charge on any atom is -0.423 e. The number of hydrogen-bond donors (Lipinski definition) is 1. The number of rotatable bonds is 5. The largest absolute Gasteiger partial charge is 0.423 e. The maximum Gasteiger partial charge on any atom is 0.308 e. The molecule has 116 valence electrons. The van der Waals surface area contributed by atoms with Crippen LogP contribution in [0.15, 0.2) is 22.5 Å². The molecule has 2 N–H and O–H groups in total. The minimum atomic E-state index is -0.491. The van der Waals surface area contributed by atoms with Gasteiger partial charge in [-0.25, -0.2) is 0 Å². The summed E-state index contributed by atoms with van der Waals surface area (Å²) >= 11 is 2.76. The average Bonchev–Trinajstić information content (AvgIpc) is 2.84. The highest BCUT2D eigenvalue weighted by Gasteiger charge is 2.12. The van der Waals surface area contributed by atoms with Gasteiger partial charge in [0, 0.05) is 19.6 Å². The van der Waals surface area contributed by atoms with Gasteiger partial charge in [0.05, 0.1) is 0 Å². The second kappa shape index (κ2) is 7.23. The van der Waals surface area contributed by atoms with Gasteiger partial charge in [-0.1, -0.05) is 29.2 Å². The van der Waals surface area contributed by atoms with Crippen LogP contribution in [0.4, 0.5) is 5.13 Å². The van der Waals surface area contributed by atoms with Gasteiger partial charge in [0.1, 0.15) is 0 Å². The maximum atomic E-state index is 11.1. The van der Waals surface area contributed by atoms with E-state index in [-0.39, 0.29) is 11.5 Å². The molecule has 0 saturated carbocycles. The molecule has 2 aromatic rings. The van der Waals surface area contributed by atoms with E-state index in [4.69, 9.17) is 15.2 Å². The van der Waals surface area contributed by atoms with Crippen molar-refractivity contribution in [1.29, 1.82) is 0 Å². The van der Waals surface area contributed by atoms with E-state index in [2.05, 4.69) is 10.2 Å². The summed E-state index contributed by atoms with van der Waals surface area (Å²) in [5.41, 5.74) is 6.40. The summed E-state index contributed by atoms with van der Waals surface area (Å²) in [4.78, 5) is 22.2. The van der Waals surface area contributed by atoms with Crippen molar-refractivity contribution >= 4 is 40.2 Å². The molecule has 0 fully saturated rings. The molecule has 0 aliphatic carbocycles. The molecule has 22 heavy (non-hydrogen) atoms. The van der Waals surface area contributed by atoms with E-state index in [0.29, 0.717) is 10.9 Å². The highest BCUT2D eigenvalue weighted by Crippen LogP contribution is 2.32. The molecule has 0 aliphatic rings. The lowest BCUT2D eigenvalue weighted by Gasteiger charge is -2.10. The van der Waals surface area contributed by atoms with Gasteiger partial charge in [-0.15, -0.1) is 10.2 Å². The minimum absolute atomic E-state index is 0.205. The lowest BCUT2D eigenvalue weighted by atomic mass is 10.2. The zero-order chi connectivity index (χ0) is 16.1. The molecule has 1 aromatic carbocycles. The molecule has 0 radical (unpaired) electrons. The molecule has 0 aliphatic heterocycles. The highest BCUT2D eigenvalue weighted by atomic mass is 32.2. The van der Waals surface area contributed by atoms with Gasteiger partial charge in [-0.05, 0) is 17.7 Å². The van der Waals surface area contributed by atoms with Crippen molar-refractivity contribution in [3.8, 4) is 11.5 Å². The first-order valence-corrected chi connectivity index (χ1v) is 7.96. The Labute approximate surface area is 134 Å². The summed E-state index contributed by atoms with van der Waals surface area (Å²) < 4.78 is 10.8. The van der Waals surface area contributed by atoms with Crippen LogP contribution < -0.4 is 15.2 Å². The number of nitrogens with two attached hydrogens (primary N) is 1. The topological polar surface area (TPSA) is 104 Å². The van der Waals surface area contributed by atoms with E-state index in [1.54, 1.807) is 18.2 Å². The number of benzene rings is 1. The molecule has 0 saturated heterocycles. The Bertz CT molecular complexity index is 702. The fourth-order valence-electron chi connectivity index (χ4n) is 1.54. The first-order valence-electron chi connectivity index (χ1n) is 6.15. The van der Waals surface area contributed by atoms with Crippen LogP contribution in [-0.2, 0) is 15.3 Å². The third kappa shape index (κ3) is 4.71. The molecule has 0 unspecified atom stereocenters. The van der Waals surface area contributed by atoms with Crippen molar-refractivity contribution in [2.75, 3.05) is 5.73 Å². The molecule has 9 heteroatoms. The Kier molecular flexibility index (Phi) is 5.34. The average molecular weight is 339 g/mol. The summed E-state index contributed by atoms with van der Waals surface area (Å²) in [5, 5.41) is 8.05. The summed E-state index contributed by atoms with van der Waals surface area (Å²) in [5.74, 6) is 0.0210. The number of thioether (sulfide) groups is 1. The second-order valence-electron chi connectivity index (χ2n) is 4.16. The van der Waals surface area contributed by atoms with Crippen LogP contribution in [0.1, 0.15) is 19.4 Å². The molecular formula is C13H13N3O4S2. The van der Waals surface area contributed by atoms with Crippen molar-refractivity contribution in [3.63, 3.8) is 0 Å². The predicted octanol–water partition coefficient (Wildman–Crippen LogP) is 2.26. The van der Waals surface area contributed by atoms with E-state index >= 15 is 0 Å². The number of carbonyl (C=O) groups is 2. The molecule has 0 bridgehead atoms. The molecule has 7 nitrogen and oxygen atoms in total. The molecule has 1 heterocycles. The molecule has 0 amide bonds. The lowest BCUT2D eigenvalue weighted by Crippen LogP contribution is -2.07. The van der Waals surface area contributed by atoms with E-state index in [1.807, 2.05) is 0 Å². The number of ether oxygens (including phenoxy) is 2. The van der Waals surface area contributed by atoms with E-state index < -0.39 is 11.9 Å². The fraction of sp³-hybridized carbons (Fsp3) is 0.231. The number of nitrogen functional groups attached to an aromatic ring is 1. The van der Waals surface area contributed by atoms with E-state index in [9.17, 15) is 9.59 Å². The fourth-order valence-corrected chi connectivity index (χ4v) is 3.12. The number of carbonyl (C=O) groups excluding carboxylic acids is 2. The summed E-state index contributed by atoms with van der Waals surface area (Å²) in [6.07, 6.45) is 0. The number of aromatic nitrogens is 2. The Morgan fingerprint density at radius 2 is 1.86 bits per heavy atom. The van der Waals surface area contributed by atoms with Gasteiger partial charge in [0.25, 0.3) is 0 Å².